The standard InChI is InChI=1S/C16H12F6N4/c17-15(18,19)11-7-10(8-12(9-11)16(20,21)22)14(23)26-25-6-4-13-3-1-2-5-24-13/h1-9,25H,(H2,23,26)/b6-4-. The number of hydrogen-bond acceptors (Lipinski definition) is 3. The monoisotopic (exact) mass is 374 g/mol. The van der Waals surface area contributed by atoms with Gasteiger partial charge in [0.2, 0.25) is 0 Å². The number of aromatic nitrogens is 1. The van der Waals surface area contributed by atoms with Gasteiger partial charge in [0.05, 0.1) is 16.8 Å². The number of nitrogens with one attached hydrogen (secondary N) is 1. The Hall–Kier alpha value is -3.04. The number of halogens is 6. The van der Waals surface area contributed by atoms with Gasteiger partial charge < -0.3 is 5.73 Å². The van der Waals surface area contributed by atoms with E-state index >= 15 is 0 Å². The molecule has 1 heterocycles. The molecule has 4 nitrogen and oxygen atoms in total. The van der Waals surface area contributed by atoms with Crippen molar-refractivity contribution in [3.05, 3.63) is 71.2 Å². The maximum Gasteiger partial charge on any atom is 0.416 e. The van der Waals surface area contributed by atoms with E-state index in [-0.39, 0.29) is 6.07 Å². The topological polar surface area (TPSA) is 63.3 Å². The first-order chi connectivity index (χ1) is 12.1. The quantitative estimate of drug-likeness (QED) is 0.368. The summed E-state index contributed by atoms with van der Waals surface area (Å²) in [5.74, 6) is -0.535. The van der Waals surface area contributed by atoms with Gasteiger partial charge >= 0.3 is 12.4 Å². The molecule has 0 bridgehead atoms. The molecule has 0 saturated heterocycles. The number of hydrazone groups is 1. The summed E-state index contributed by atoms with van der Waals surface area (Å²) in [4.78, 5) is 3.97. The minimum Gasteiger partial charge on any atom is -0.382 e. The lowest BCUT2D eigenvalue weighted by Crippen LogP contribution is -2.20. The van der Waals surface area contributed by atoms with E-state index in [1.165, 1.54) is 12.3 Å². The highest BCUT2D eigenvalue weighted by molar-refractivity contribution is 5.97. The van der Waals surface area contributed by atoms with Gasteiger partial charge in [0.25, 0.3) is 0 Å². The zero-order valence-electron chi connectivity index (χ0n) is 12.9. The van der Waals surface area contributed by atoms with Gasteiger partial charge in [0, 0.05) is 18.0 Å². The van der Waals surface area contributed by atoms with Crippen molar-refractivity contribution in [2.75, 3.05) is 0 Å². The van der Waals surface area contributed by atoms with Crippen molar-refractivity contribution >= 4 is 11.9 Å². The second-order valence-electron chi connectivity index (χ2n) is 5.01. The summed E-state index contributed by atoms with van der Waals surface area (Å²) in [6, 6.07) is 6.12. The second kappa shape index (κ2) is 7.46. The molecule has 3 N–H and O–H groups in total. The normalized spacial score (nSPS) is 13.2. The van der Waals surface area contributed by atoms with Gasteiger partial charge in [-0.25, -0.2) is 0 Å². The number of nitrogens with two attached hydrogens (primary N) is 1. The fourth-order valence-corrected chi connectivity index (χ4v) is 1.87. The molecule has 0 aliphatic carbocycles. The van der Waals surface area contributed by atoms with Crippen LogP contribution in [-0.4, -0.2) is 10.8 Å². The van der Waals surface area contributed by atoms with Crippen LogP contribution in [0, 0.1) is 0 Å². The summed E-state index contributed by atoms with van der Waals surface area (Å²) in [5.41, 5.74) is 4.95. The largest absolute Gasteiger partial charge is 0.416 e. The van der Waals surface area contributed by atoms with E-state index in [0.29, 0.717) is 17.8 Å². The fraction of sp³-hybridized carbons (Fsp3) is 0.125. The van der Waals surface area contributed by atoms with Crippen LogP contribution in [0.15, 0.2) is 53.9 Å². The number of nitrogens with zero attached hydrogens (tertiary/aromatic N) is 2. The van der Waals surface area contributed by atoms with Crippen molar-refractivity contribution < 1.29 is 26.3 Å². The maximum atomic E-state index is 12.8. The molecule has 0 atom stereocenters. The Kier molecular flexibility index (Phi) is 5.53. The molecular weight excluding hydrogens is 362 g/mol. The van der Waals surface area contributed by atoms with E-state index in [1.54, 1.807) is 24.4 Å². The molecule has 0 radical (unpaired) electrons. The molecule has 2 rings (SSSR count). The van der Waals surface area contributed by atoms with Gasteiger partial charge in [-0.3, -0.25) is 10.4 Å². The van der Waals surface area contributed by atoms with E-state index in [1.807, 2.05) is 0 Å². The number of hydrogen-bond donors (Lipinski definition) is 2. The maximum absolute atomic E-state index is 12.8. The third kappa shape index (κ3) is 5.23. The van der Waals surface area contributed by atoms with Crippen molar-refractivity contribution in [1.29, 1.82) is 0 Å². The molecule has 0 saturated carbocycles. The van der Waals surface area contributed by atoms with Crippen molar-refractivity contribution in [3.8, 4) is 0 Å². The SMILES string of the molecule is N/C(=N\N/C=C\c1ccccn1)c1cc(C(F)(F)F)cc(C(F)(F)F)c1. The summed E-state index contributed by atoms with van der Waals surface area (Å²) in [7, 11) is 0. The Bertz CT molecular complexity index is 777. The third-order valence-electron chi connectivity index (χ3n) is 3.08. The molecule has 10 heteroatoms. The molecule has 1 aromatic carbocycles. The minimum absolute atomic E-state index is 0.0190. The van der Waals surface area contributed by atoms with Crippen LogP contribution in [0.2, 0.25) is 0 Å². The lowest BCUT2D eigenvalue weighted by atomic mass is 10.0. The minimum atomic E-state index is -4.96. The number of rotatable bonds is 4. The van der Waals surface area contributed by atoms with Gasteiger partial charge in [-0.2, -0.15) is 31.4 Å². The molecule has 0 unspecified atom stereocenters. The van der Waals surface area contributed by atoms with Gasteiger partial charge in [-0.1, -0.05) is 6.07 Å². The zero-order valence-corrected chi connectivity index (χ0v) is 12.9. The first kappa shape index (κ1) is 19.3. The number of benzene rings is 1. The molecular formula is C16H12F6N4. The van der Waals surface area contributed by atoms with E-state index < -0.39 is 34.9 Å². The molecule has 138 valence electrons. The van der Waals surface area contributed by atoms with Crippen LogP contribution in [0.3, 0.4) is 0 Å². The molecule has 2 aromatic rings. The third-order valence-corrected chi connectivity index (χ3v) is 3.08. The Morgan fingerprint density at radius 2 is 1.62 bits per heavy atom. The first-order valence-corrected chi connectivity index (χ1v) is 7.03. The average molecular weight is 374 g/mol. The van der Waals surface area contributed by atoms with E-state index in [2.05, 4.69) is 15.5 Å². The average Bonchev–Trinajstić information content (AvgIpc) is 2.57. The van der Waals surface area contributed by atoms with E-state index in [4.69, 9.17) is 5.73 Å². The van der Waals surface area contributed by atoms with E-state index in [0.717, 1.165) is 0 Å². The number of amidine groups is 1. The molecule has 0 aliphatic heterocycles. The Labute approximate surface area is 144 Å². The Morgan fingerprint density at radius 1 is 1.00 bits per heavy atom. The lowest BCUT2D eigenvalue weighted by molar-refractivity contribution is -0.143. The van der Waals surface area contributed by atoms with Crippen molar-refractivity contribution in [2.45, 2.75) is 12.4 Å². The summed E-state index contributed by atoms with van der Waals surface area (Å²) in [6.07, 6.45) is -5.60. The van der Waals surface area contributed by atoms with Crippen LogP contribution in [0.5, 0.6) is 0 Å². The lowest BCUT2D eigenvalue weighted by Gasteiger charge is -2.13. The smallest absolute Gasteiger partial charge is 0.382 e. The van der Waals surface area contributed by atoms with Crippen molar-refractivity contribution in [1.82, 2.24) is 10.4 Å². The predicted molar refractivity (Wildman–Crippen MR) is 83.6 cm³/mol. The fourth-order valence-electron chi connectivity index (χ4n) is 1.87. The summed E-state index contributed by atoms with van der Waals surface area (Å²) < 4.78 is 76.9. The first-order valence-electron chi connectivity index (χ1n) is 7.03. The van der Waals surface area contributed by atoms with Gasteiger partial charge in [-0.05, 0) is 36.4 Å². The van der Waals surface area contributed by atoms with Gasteiger partial charge in [0.1, 0.15) is 0 Å². The van der Waals surface area contributed by atoms with Crippen LogP contribution in [-0.2, 0) is 12.4 Å². The van der Waals surface area contributed by atoms with Crippen LogP contribution in [0.1, 0.15) is 22.4 Å². The summed E-state index contributed by atoms with van der Waals surface area (Å²) in [6.45, 7) is 0. The molecule has 0 spiro atoms. The second-order valence-corrected chi connectivity index (χ2v) is 5.01. The van der Waals surface area contributed by atoms with Crippen LogP contribution >= 0.6 is 0 Å². The summed E-state index contributed by atoms with van der Waals surface area (Å²) >= 11 is 0. The number of alkyl halides is 6. The van der Waals surface area contributed by atoms with Gasteiger partial charge in [-0.15, -0.1) is 0 Å². The number of pyridine rings is 1. The van der Waals surface area contributed by atoms with Crippen molar-refractivity contribution in [3.63, 3.8) is 0 Å². The van der Waals surface area contributed by atoms with Crippen LogP contribution in [0.25, 0.3) is 6.08 Å². The van der Waals surface area contributed by atoms with E-state index in [9.17, 15) is 26.3 Å². The van der Waals surface area contributed by atoms with Gasteiger partial charge in [0.15, 0.2) is 5.84 Å². The molecule has 0 fully saturated rings. The molecule has 1 aromatic heterocycles. The van der Waals surface area contributed by atoms with Crippen molar-refractivity contribution in [2.24, 2.45) is 10.8 Å². The summed E-state index contributed by atoms with van der Waals surface area (Å²) in [5, 5.41) is 3.55. The van der Waals surface area contributed by atoms with Crippen LogP contribution in [0.4, 0.5) is 26.3 Å². The zero-order chi connectivity index (χ0) is 19.4. The molecule has 26 heavy (non-hydrogen) atoms. The highest BCUT2D eigenvalue weighted by atomic mass is 19.4. The highest BCUT2D eigenvalue weighted by Gasteiger charge is 2.37. The predicted octanol–water partition coefficient (Wildman–Crippen LogP) is 4.00. The highest BCUT2D eigenvalue weighted by Crippen LogP contribution is 2.36. The van der Waals surface area contributed by atoms with Crippen LogP contribution < -0.4 is 11.2 Å². The molecule has 0 amide bonds. The Balaban J connectivity index is 2.26. The molecule has 0 aliphatic rings. The Morgan fingerprint density at radius 3 is 2.12 bits per heavy atom.